The molecule has 1 spiro atoms. The molecule has 1 saturated heterocycles. The van der Waals surface area contributed by atoms with Crippen LogP contribution in [0.5, 0.6) is 11.5 Å². The number of anilines is 1. The van der Waals surface area contributed by atoms with Crippen molar-refractivity contribution in [3.63, 3.8) is 0 Å². The van der Waals surface area contributed by atoms with Crippen molar-refractivity contribution in [3.05, 3.63) is 53.6 Å². The molecule has 0 bridgehead atoms. The van der Waals surface area contributed by atoms with Crippen molar-refractivity contribution in [2.45, 2.75) is 24.5 Å². The summed E-state index contributed by atoms with van der Waals surface area (Å²) in [6.07, 6.45) is 0.651. The van der Waals surface area contributed by atoms with Gasteiger partial charge in [0, 0.05) is 5.69 Å². The molecule has 2 aliphatic heterocycles. The number of hydrogen-bond acceptors (Lipinski definition) is 4. The standard InChI is InChI=1S/C19H18F2N2O3/c1-25-15-10-11(6-7-14(15)26-18(20)21)16-19(8-9-22-16)12-4-2-3-5-13(12)23-17(19)24/h2-7,10,16,18,22H,8-9H2,1H3,(H,23,24)/t16-,19-/m0/s1. The lowest BCUT2D eigenvalue weighted by molar-refractivity contribution is -0.121. The Morgan fingerprint density at radius 1 is 1.19 bits per heavy atom. The highest BCUT2D eigenvalue weighted by Crippen LogP contribution is 2.51. The predicted molar refractivity (Wildman–Crippen MR) is 91.7 cm³/mol. The number of para-hydroxylation sites is 1. The van der Waals surface area contributed by atoms with Crippen molar-refractivity contribution in [2.24, 2.45) is 0 Å². The molecule has 2 aromatic rings. The summed E-state index contributed by atoms with van der Waals surface area (Å²) in [4.78, 5) is 12.9. The van der Waals surface area contributed by atoms with E-state index in [-0.39, 0.29) is 23.4 Å². The Balaban J connectivity index is 1.77. The Morgan fingerprint density at radius 2 is 2.00 bits per heavy atom. The number of fused-ring (bicyclic) bond motifs is 2. The first-order valence-electron chi connectivity index (χ1n) is 8.33. The zero-order chi connectivity index (χ0) is 18.3. The van der Waals surface area contributed by atoms with Gasteiger partial charge in [0.1, 0.15) is 0 Å². The fourth-order valence-corrected chi connectivity index (χ4v) is 4.06. The molecule has 0 unspecified atom stereocenters. The van der Waals surface area contributed by atoms with Gasteiger partial charge in [-0.05, 0) is 42.3 Å². The number of alkyl halides is 2. The van der Waals surface area contributed by atoms with E-state index < -0.39 is 12.0 Å². The van der Waals surface area contributed by atoms with E-state index in [1.807, 2.05) is 24.3 Å². The van der Waals surface area contributed by atoms with Crippen LogP contribution in [-0.4, -0.2) is 26.2 Å². The summed E-state index contributed by atoms with van der Waals surface area (Å²) in [5.41, 5.74) is 1.82. The van der Waals surface area contributed by atoms with Crippen molar-refractivity contribution in [1.82, 2.24) is 5.32 Å². The average Bonchev–Trinajstić information content (AvgIpc) is 3.19. The van der Waals surface area contributed by atoms with E-state index in [0.717, 1.165) is 16.8 Å². The number of methoxy groups -OCH3 is 1. The quantitative estimate of drug-likeness (QED) is 0.879. The first-order chi connectivity index (χ1) is 12.6. The molecule has 1 fully saturated rings. The Hall–Kier alpha value is -2.67. The van der Waals surface area contributed by atoms with Gasteiger partial charge in [-0.25, -0.2) is 0 Å². The van der Waals surface area contributed by atoms with Gasteiger partial charge in [0.15, 0.2) is 11.5 Å². The molecule has 2 aromatic carbocycles. The van der Waals surface area contributed by atoms with Gasteiger partial charge in [-0.2, -0.15) is 8.78 Å². The first-order valence-corrected chi connectivity index (χ1v) is 8.33. The molecule has 4 rings (SSSR count). The summed E-state index contributed by atoms with van der Waals surface area (Å²) < 4.78 is 34.8. The molecule has 0 aliphatic carbocycles. The minimum absolute atomic E-state index is 0.0328. The van der Waals surface area contributed by atoms with Gasteiger partial charge in [-0.3, -0.25) is 4.79 Å². The average molecular weight is 360 g/mol. The monoisotopic (exact) mass is 360 g/mol. The van der Waals surface area contributed by atoms with Crippen LogP contribution in [0, 0.1) is 0 Å². The summed E-state index contributed by atoms with van der Waals surface area (Å²) in [6, 6.07) is 12.1. The normalized spacial score (nSPS) is 24.0. The minimum Gasteiger partial charge on any atom is -0.493 e. The van der Waals surface area contributed by atoms with Gasteiger partial charge < -0.3 is 20.1 Å². The topological polar surface area (TPSA) is 59.6 Å². The van der Waals surface area contributed by atoms with Crippen LogP contribution < -0.4 is 20.1 Å². The van der Waals surface area contributed by atoms with Crippen molar-refractivity contribution < 1.29 is 23.0 Å². The molecule has 2 atom stereocenters. The van der Waals surface area contributed by atoms with Gasteiger partial charge in [0.05, 0.1) is 18.6 Å². The lowest BCUT2D eigenvalue weighted by Crippen LogP contribution is -2.39. The van der Waals surface area contributed by atoms with Crippen molar-refractivity contribution in [1.29, 1.82) is 0 Å². The minimum atomic E-state index is -2.93. The highest BCUT2D eigenvalue weighted by Gasteiger charge is 2.55. The van der Waals surface area contributed by atoms with Crippen molar-refractivity contribution in [3.8, 4) is 11.5 Å². The van der Waals surface area contributed by atoms with E-state index in [0.29, 0.717) is 13.0 Å². The van der Waals surface area contributed by atoms with Gasteiger partial charge >= 0.3 is 6.61 Å². The third kappa shape index (κ3) is 2.42. The molecular weight excluding hydrogens is 342 g/mol. The third-order valence-electron chi connectivity index (χ3n) is 5.16. The number of rotatable bonds is 4. The predicted octanol–water partition coefficient (Wildman–Crippen LogP) is 3.22. The van der Waals surface area contributed by atoms with Crippen LogP contribution in [-0.2, 0) is 10.2 Å². The smallest absolute Gasteiger partial charge is 0.387 e. The molecule has 26 heavy (non-hydrogen) atoms. The van der Waals surface area contributed by atoms with Crippen molar-refractivity contribution in [2.75, 3.05) is 19.0 Å². The Kier molecular flexibility index (Phi) is 4.03. The van der Waals surface area contributed by atoms with Gasteiger partial charge in [0.2, 0.25) is 5.91 Å². The molecule has 1 amide bonds. The number of nitrogens with one attached hydrogen (secondary N) is 2. The lowest BCUT2D eigenvalue weighted by atomic mass is 9.73. The van der Waals surface area contributed by atoms with E-state index in [1.54, 1.807) is 12.1 Å². The van der Waals surface area contributed by atoms with Gasteiger partial charge in [-0.15, -0.1) is 0 Å². The third-order valence-corrected chi connectivity index (χ3v) is 5.16. The molecule has 5 nitrogen and oxygen atoms in total. The number of carbonyl (C=O) groups excluding carboxylic acids is 1. The second-order valence-electron chi connectivity index (χ2n) is 6.40. The van der Waals surface area contributed by atoms with Gasteiger partial charge in [-0.1, -0.05) is 24.3 Å². The number of benzene rings is 2. The van der Waals surface area contributed by atoms with Crippen molar-refractivity contribution >= 4 is 11.6 Å². The Labute approximate surface area is 149 Å². The molecule has 7 heteroatoms. The number of halogens is 2. The summed E-state index contributed by atoms with van der Waals surface area (Å²) in [6.45, 7) is -2.26. The second kappa shape index (κ2) is 6.25. The van der Waals surface area contributed by atoms with E-state index in [2.05, 4.69) is 15.4 Å². The largest absolute Gasteiger partial charge is 0.493 e. The van der Waals surface area contributed by atoms with Crippen LogP contribution in [0.1, 0.15) is 23.6 Å². The van der Waals surface area contributed by atoms with E-state index in [9.17, 15) is 13.6 Å². The zero-order valence-electron chi connectivity index (χ0n) is 14.1. The molecule has 0 aromatic heterocycles. The van der Waals surface area contributed by atoms with Crippen LogP contribution in [0.15, 0.2) is 42.5 Å². The Bertz CT molecular complexity index is 858. The summed E-state index contributed by atoms with van der Waals surface area (Å²) >= 11 is 0. The molecule has 0 radical (unpaired) electrons. The molecule has 2 N–H and O–H groups in total. The highest BCUT2D eigenvalue weighted by molar-refractivity contribution is 6.07. The molecular formula is C19H18F2N2O3. The maximum Gasteiger partial charge on any atom is 0.387 e. The van der Waals surface area contributed by atoms with E-state index >= 15 is 0 Å². The first kappa shape index (κ1) is 16.8. The lowest BCUT2D eigenvalue weighted by Gasteiger charge is -2.30. The molecule has 0 saturated carbocycles. The molecule has 2 heterocycles. The number of hydrogen-bond donors (Lipinski definition) is 2. The molecule has 2 aliphatic rings. The summed E-state index contributed by atoms with van der Waals surface area (Å²) in [5, 5.41) is 6.35. The number of amides is 1. The fourth-order valence-electron chi connectivity index (χ4n) is 4.06. The summed E-state index contributed by atoms with van der Waals surface area (Å²) in [5.74, 6) is 0.119. The van der Waals surface area contributed by atoms with E-state index in [1.165, 1.54) is 13.2 Å². The fraction of sp³-hybridized carbons (Fsp3) is 0.316. The van der Waals surface area contributed by atoms with Crippen LogP contribution in [0.25, 0.3) is 0 Å². The maximum absolute atomic E-state index is 12.9. The van der Waals surface area contributed by atoms with Crippen LogP contribution >= 0.6 is 0 Å². The Morgan fingerprint density at radius 3 is 2.77 bits per heavy atom. The van der Waals surface area contributed by atoms with Gasteiger partial charge in [0.25, 0.3) is 0 Å². The van der Waals surface area contributed by atoms with Crippen LogP contribution in [0.2, 0.25) is 0 Å². The van der Waals surface area contributed by atoms with E-state index in [4.69, 9.17) is 4.74 Å². The zero-order valence-corrected chi connectivity index (χ0v) is 14.1. The highest BCUT2D eigenvalue weighted by atomic mass is 19.3. The summed E-state index contributed by atoms with van der Waals surface area (Å²) in [7, 11) is 1.40. The number of carbonyl (C=O) groups is 1. The second-order valence-corrected chi connectivity index (χ2v) is 6.40. The molecule has 136 valence electrons. The maximum atomic E-state index is 12.9. The van der Waals surface area contributed by atoms with Crippen LogP contribution in [0.3, 0.4) is 0 Å². The van der Waals surface area contributed by atoms with Crippen LogP contribution in [0.4, 0.5) is 14.5 Å². The SMILES string of the molecule is COc1cc([C@@H]2NCC[C@@]23C(=O)Nc2ccccc23)ccc1OC(F)F. The number of ether oxygens (including phenoxy) is 2.